The molecule has 0 aliphatic heterocycles. The number of amides is 2. The molecule has 6 heteroatoms. The van der Waals surface area contributed by atoms with E-state index in [1.807, 2.05) is 66.9 Å². The maximum absolute atomic E-state index is 12.4. The SMILES string of the molecule is Cc1nc(-c2ccc(CC(=O)N(C)CC(=O)Nc3ccccc3)cc2)cs1. The van der Waals surface area contributed by atoms with Crippen LogP contribution in [0.1, 0.15) is 10.6 Å². The summed E-state index contributed by atoms with van der Waals surface area (Å²) in [6.45, 7) is 1.99. The van der Waals surface area contributed by atoms with Crippen LogP contribution in [-0.2, 0) is 16.0 Å². The highest BCUT2D eigenvalue weighted by atomic mass is 32.1. The number of para-hydroxylation sites is 1. The molecule has 0 atom stereocenters. The van der Waals surface area contributed by atoms with Crippen LogP contribution in [0.2, 0.25) is 0 Å². The van der Waals surface area contributed by atoms with Gasteiger partial charge in [-0.25, -0.2) is 4.98 Å². The van der Waals surface area contributed by atoms with Crippen molar-refractivity contribution in [1.29, 1.82) is 0 Å². The molecule has 0 unspecified atom stereocenters. The Morgan fingerprint density at radius 3 is 2.41 bits per heavy atom. The van der Waals surface area contributed by atoms with Gasteiger partial charge in [-0.1, -0.05) is 42.5 Å². The molecule has 0 spiro atoms. The first-order valence-electron chi connectivity index (χ1n) is 8.61. The van der Waals surface area contributed by atoms with Gasteiger partial charge in [0.15, 0.2) is 0 Å². The minimum atomic E-state index is -0.216. The number of hydrogen-bond acceptors (Lipinski definition) is 4. The van der Waals surface area contributed by atoms with Crippen LogP contribution in [0.4, 0.5) is 5.69 Å². The highest BCUT2D eigenvalue weighted by Crippen LogP contribution is 2.22. The molecule has 2 amide bonds. The van der Waals surface area contributed by atoms with Crippen LogP contribution in [0.25, 0.3) is 11.3 Å². The number of thiazole rings is 1. The zero-order valence-electron chi connectivity index (χ0n) is 15.3. The quantitative estimate of drug-likeness (QED) is 0.709. The second kappa shape index (κ2) is 8.60. The van der Waals surface area contributed by atoms with Crippen LogP contribution in [0.15, 0.2) is 60.0 Å². The molecule has 0 saturated heterocycles. The number of aromatic nitrogens is 1. The van der Waals surface area contributed by atoms with Gasteiger partial charge in [-0.2, -0.15) is 0 Å². The van der Waals surface area contributed by atoms with Gasteiger partial charge in [-0.05, 0) is 24.6 Å². The van der Waals surface area contributed by atoms with Crippen molar-refractivity contribution in [2.45, 2.75) is 13.3 Å². The Morgan fingerprint density at radius 1 is 1.07 bits per heavy atom. The predicted molar refractivity (Wildman–Crippen MR) is 109 cm³/mol. The van der Waals surface area contributed by atoms with Crippen LogP contribution >= 0.6 is 11.3 Å². The Labute approximate surface area is 162 Å². The first kappa shape index (κ1) is 18.8. The topological polar surface area (TPSA) is 62.3 Å². The van der Waals surface area contributed by atoms with Crippen molar-refractivity contribution in [3.8, 4) is 11.3 Å². The molecular weight excluding hydrogens is 358 g/mol. The molecule has 0 bridgehead atoms. The predicted octanol–water partition coefficient (Wildman–Crippen LogP) is 3.76. The third-order valence-electron chi connectivity index (χ3n) is 4.09. The van der Waals surface area contributed by atoms with E-state index >= 15 is 0 Å². The second-order valence-electron chi connectivity index (χ2n) is 6.29. The number of rotatable bonds is 6. The van der Waals surface area contributed by atoms with E-state index in [-0.39, 0.29) is 24.8 Å². The number of likely N-dealkylation sites (N-methyl/N-ethyl adjacent to an activating group) is 1. The lowest BCUT2D eigenvalue weighted by Gasteiger charge is -2.17. The van der Waals surface area contributed by atoms with E-state index in [0.717, 1.165) is 27.5 Å². The zero-order valence-corrected chi connectivity index (χ0v) is 16.1. The van der Waals surface area contributed by atoms with Crippen molar-refractivity contribution < 1.29 is 9.59 Å². The third-order valence-corrected chi connectivity index (χ3v) is 4.86. The Morgan fingerprint density at radius 2 is 1.78 bits per heavy atom. The summed E-state index contributed by atoms with van der Waals surface area (Å²) < 4.78 is 0. The maximum atomic E-state index is 12.4. The molecule has 0 fully saturated rings. The monoisotopic (exact) mass is 379 g/mol. The zero-order chi connectivity index (χ0) is 19.2. The van der Waals surface area contributed by atoms with Crippen molar-refractivity contribution in [2.75, 3.05) is 18.9 Å². The largest absolute Gasteiger partial charge is 0.336 e. The van der Waals surface area contributed by atoms with Gasteiger partial charge >= 0.3 is 0 Å². The molecule has 2 aromatic carbocycles. The molecule has 0 saturated carbocycles. The van der Waals surface area contributed by atoms with Gasteiger partial charge in [0.2, 0.25) is 11.8 Å². The van der Waals surface area contributed by atoms with Crippen LogP contribution in [0.3, 0.4) is 0 Å². The van der Waals surface area contributed by atoms with E-state index in [1.165, 1.54) is 4.90 Å². The van der Waals surface area contributed by atoms with Crippen molar-refractivity contribution >= 4 is 28.8 Å². The molecule has 0 aliphatic rings. The van der Waals surface area contributed by atoms with Crippen LogP contribution in [-0.4, -0.2) is 35.3 Å². The minimum absolute atomic E-state index is 0.0178. The lowest BCUT2D eigenvalue weighted by molar-refractivity contribution is -0.132. The molecule has 27 heavy (non-hydrogen) atoms. The molecule has 1 N–H and O–H groups in total. The van der Waals surface area contributed by atoms with E-state index in [9.17, 15) is 9.59 Å². The summed E-state index contributed by atoms with van der Waals surface area (Å²) in [6, 6.07) is 17.0. The summed E-state index contributed by atoms with van der Waals surface area (Å²) >= 11 is 1.61. The average Bonchev–Trinajstić information content (AvgIpc) is 3.09. The van der Waals surface area contributed by atoms with Crippen molar-refractivity contribution in [3.05, 3.63) is 70.5 Å². The fraction of sp³-hybridized carbons (Fsp3) is 0.190. The summed E-state index contributed by atoms with van der Waals surface area (Å²) in [6.07, 6.45) is 0.255. The number of carbonyl (C=O) groups is 2. The van der Waals surface area contributed by atoms with E-state index in [4.69, 9.17) is 0 Å². The molecule has 0 radical (unpaired) electrons. The van der Waals surface area contributed by atoms with E-state index in [0.29, 0.717) is 0 Å². The molecular formula is C21H21N3O2S. The Bertz CT molecular complexity index is 920. The number of carbonyl (C=O) groups excluding carboxylic acids is 2. The lowest BCUT2D eigenvalue weighted by atomic mass is 10.1. The molecule has 1 aromatic heterocycles. The molecule has 3 rings (SSSR count). The first-order chi connectivity index (χ1) is 13.0. The normalized spacial score (nSPS) is 10.4. The third kappa shape index (κ3) is 5.24. The fourth-order valence-corrected chi connectivity index (χ4v) is 3.25. The van der Waals surface area contributed by atoms with Crippen molar-refractivity contribution in [3.63, 3.8) is 0 Å². The number of anilines is 1. The van der Waals surface area contributed by atoms with Crippen molar-refractivity contribution in [2.24, 2.45) is 0 Å². The van der Waals surface area contributed by atoms with Gasteiger partial charge in [-0.15, -0.1) is 11.3 Å². The average molecular weight is 379 g/mol. The highest BCUT2D eigenvalue weighted by molar-refractivity contribution is 7.09. The highest BCUT2D eigenvalue weighted by Gasteiger charge is 2.14. The van der Waals surface area contributed by atoms with Gasteiger partial charge in [0.25, 0.3) is 0 Å². The second-order valence-corrected chi connectivity index (χ2v) is 7.35. The number of hydrogen-bond donors (Lipinski definition) is 1. The minimum Gasteiger partial charge on any atom is -0.336 e. The fourth-order valence-electron chi connectivity index (χ4n) is 2.62. The van der Waals surface area contributed by atoms with Crippen LogP contribution < -0.4 is 5.32 Å². The molecule has 3 aromatic rings. The van der Waals surface area contributed by atoms with E-state index < -0.39 is 0 Å². The summed E-state index contributed by atoms with van der Waals surface area (Å²) in [5.41, 5.74) is 3.61. The van der Waals surface area contributed by atoms with Crippen molar-refractivity contribution in [1.82, 2.24) is 9.88 Å². The number of nitrogens with zero attached hydrogens (tertiary/aromatic N) is 2. The van der Waals surface area contributed by atoms with Gasteiger partial charge in [0.1, 0.15) is 0 Å². The van der Waals surface area contributed by atoms with E-state index in [1.54, 1.807) is 18.4 Å². The first-order valence-corrected chi connectivity index (χ1v) is 9.49. The molecule has 1 heterocycles. The Hall–Kier alpha value is -2.99. The number of aryl methyl sites for hydroxylation is 1. The Balaban J connectivity index is 1.54. The maximum Gasteiger partial charge on any atom is 0.243 e. The number of benzene rings is 2. The number of nitrogens with one attached hydrogen (secondary N) is 1. The summed E-state index contributed by atoms with van der Waals surface area (Å²) in [4.78, 5) is 30.4. The smallest absolute Gasteiger partial charge is 0.243 e. The lowest BCUT2D eigenvalue weighted by Crippen LogP contribution is -2.35. The van der Waals surface area contributed by atoms with Gasteiger partial charge in [0, 0.05) is 23.7 Å². The van der Waals surface area contributed by atoms with Gasteiger partial charge in [0.05, 0.1) is 23.7 Å². The Kier molecular flexibility index (Phi) is 5.98. The van der Waals surface area contributed by atoms with Gasteiger partial charge in [-0.3, -0.25) is 9.59 Å². The van der Waals surface area contributed by atoms with Crippen LogP contribution in [0, 0.1) is 6.92 Å². The summed E-state index contributed by atoms with van der Waals surface area (Å²) in [5, 5.41) is 5.83. The molecule has 5 nitrogen and oxygen atoms in total. The molecule has 0 aliphatic carbocycles. The summed E-state index contributed by atoms with van der Waals surface area (Å²) in [7, 11) is 1.64. The molecule has 138 valence electrons. The van der Waals surface area contributed by atoms with Crippen LogP contribution in [0.5, 0.6) is 0 Å². The standard InChI is InChI=1S/C21H21N3O2S/c1-15-22-19(14-27-15)17-10-8-16(9-11-17)12-21(26)24(2)13-20(25)23-18-6-4-3-5-7-18/h3-11,14H,12-13H2,1-2H3,(H,23,25). The van der Waals surface area contributed by atoms with Gasteiger partial charge < -0.3 is 10.2 Å². The van der Waals surface area contributed by atoms with E-state index in [2.05, 4.69) is 10.3 Å². The summed E-state index contributed by atoms with van der Waals surface area (Å²) in [5.74, 6) is -0.318.